The molecule has 0 atom stereocenters. The van der Waals surface area contributed by atoms with Crippen LogP contribution in [0.2, 0.25) is 0 Å². The number of morpholine rings is 2. The van der Waals surface area contributed by atoms with Gasteiger partial charge in [-0.3, -0.25) is 9.80 Å². The second kappa shape index (κ2) is 13.6. The Bertz CT molecular complexity index is 475. The first-order valence-electron chi connectivity index (χ1n) is 11.4. The minimum absolute atomic E-state index is 0.453. The van der Waals surface area contributed by atoms with Crippen LogP contribution in [0.15, 0.2) is 0 Å². The molecular formula is C20H38N6O2S2. The molecule has 3 fully saturated rings. The zero-order chi connectivity index (χ0) is 21.0. The number of ether oxygens (including phenoxy) is 2. The maximum atomic E-state index is 5.48. The highest BCUT2D eigenvalue weighted by Gasteiger charge is 2.22. The Labute approximate surface area is 191 Å². The van der Waals surface area contributed by atoms with E-state index in [1.165, 1.54) is 0 Å². The zero-order valence-corrected chi connectivity index (χ0v) is 19.6. The van der Waals surface area contributed by atoms with Gasteiger partial charge in [0.05, 0.1) is 26.4 Å². The van der Waals surface area contributed by atoms with Crippen molar-refractivity contribution in [3.05, 3.63) is 0 Å². The van der Waals surface area contributed by atoms with Crippen LogP contribution in [0.3, 0.4) is 0 Å². The largest absolute Gasteiger partial charge is 0.379 e. The fraction of sp³-hybridized carbons (Fsp3) is 0.900. The molecule has 4 N–H and O–H groups in total. The van der Waals surface area contributed by atoms with Gasteiger partial charge in [0.25, 0.3) is 0 Å². The molecule has 10 heteroatoms. The molecule has 0 aromatic rings. The van der Waals surface area contributed by atoms with Crippen LogP contribution in [0.25, 0.3) is 0 Å². The van der Waals surface area contributed by atoms with Crippen LogP contribution >= 0.6 is 24.4 Å². The Morgan fingerprint density at radius 1 is 0.667 bits per heavy atom. The molecule has 2 aliphatic heterocycles. The van der Waals surface area contributed by atoms with E-state index in [0.717, 1.165) is 115 Å². The summed E-state index contributed by atoms with van der Waals surface area (Å²) in [5, 5.41) is 15.2. The fourth-order valence-corrected chi connectivity index (χ4v) is 4.70. The molecule has 0 aromatic carbocycles. The standard InChI is InChI=1S/C20H38N6O2S2/c29-19(21-5-7-25-9-13-27-14-10-25)23-17-1-2-18(4-3-17)24-20(30)22-6-8-26-11-15-28-16-12-26/h17-18H,1-16H2,(H2,21,23,29)(H2,22,24,30). The van der Waals surface area contributed by atoms with Gasteiger partial charge in [-0.1, -0.05) is 0 Å². The minimum atomic E-state index is 0.453. The SMILES string of the molecule is S=C(NCCN1CCOCC1)NC1CCC(NC(=S)NCCN2CCOCC2)CC1. The summed E-state index contributed by atoms with van der Waals surface area (Å²) in [5.41, 5.74) is 0. The predicted octanol–water partition coefficient (Wildman–Crippen LogP) is -0.110. The molecule has 8 nitrogen and oxygen atoms in total. The third-order valence-electron chi connectivity index (χ3n) is 6.03. The molecular weight excluding hydrogens is 420 g/mol. The second-order valence-corrected chi connectivity index (χ2v) is 9.07. The average Bonchev–Trinajstić information content (AvgIpc) is 2.77. The monoisotopic (exact) mass is 458 g/mol. The van der Waals surface area contributed by atoms with Gasteiger partial charge in [0.1, 0.15) is 0 Å². The van der Waals surface area contributed by atoms with Crippen molar-refractivity contribution >= 4 is 34.7 Å². The Morgan fingerprint density at radius 3 is 1.40 bits per heavy atom. The quantitative estimate of drug-likeness (QED) is 0.370. The Kier molecular flexibility index (Phi) is 10.8. The lowest BCUT2D eigenvalue weighted by Crippen LogP contribution is -2.50. The van der Waals surface area contributed by atoms with Crippen LogP contribution in [0.5, 0.6) is 0 Å². The van der Waals surface area contributed by atoms with Crippen LogP contribution in [-0.2, 0) is 9.47 Å². The summed E-state index contributed by atoms with van der Waals surface area (Å²) < 4.78 is 10.8. The van der Waals surface area contributed by atoms with E-state index in [1.807, 2.05) is 0 Å². The van der Waals surface area contributed by atoms with Crippen LogP contribution in [0, 0.1) is 0 Å². The smallest absolute Gasteiger partial charge is 0.166 e. The highest BCUT2D eigenvalue weighted by Crippen LogP contribution is 2.18. The Balaban J connectivity index is 1.20. The summed E-state index contributed by atoms with van der Waals surface area (Å²) in [6.45, 7) is 11.2. The normalized spacial score (nSPS) is 26.0. The van der Waals surface area contributed by atoms with Crippen LogP contribution in [0.4, 0.5) is 0 Å². The zero-order valence-electron chi connectivity index (χ0n) is 18.0. The summed E-state index contributed by atoms with van der Waals surface area (Å²) >= 11 is 11.0. The molecule has 0 radical (unpaired) electrons. The van der Waals surface area contributed by atoms with Gasteiger partial charge in [0, 0.05) is 64.4 Å². The molecule has 2 saturated heterocycles. The van der Waals surface area contributed by atoms with Gasteiger partial charge in [0.2, 0.25) is 0 Å². The van der Waals surface area contributed by atoms with Crippen LogP contribution in [0.1, 0.15) is 25.7 Å². The molecule has 1 saturated carbocycles. The van der Waals surface area contributed by atoms with Gasteiger partial charge >= 0.3 is 0 Å². The number of nitrogens with one attached hydrogen (secondary N) is 4. The van der Waals surface area contributed by atoms with Gasteiger partial charge in [-0.15, -0.1) is 0 Å². The number of hydrogen-bond acceptors (Lipinski definition) is 6. The third kappa shape index (κ3) is 9.15. The maximum absolute atomic E-state index is 5.48. The number of rotatable bonds is 8. The van der Waals surface area contributed by atoms with Gasteiger partial charge in [-0.05, 0) is 50.1 Å². The molecule has 172 valence electrons. The number of hydrogen-bond donors (Lipinski definition) is 4. The first-order valence-corrected chi connectivity index (χ1v) is 12.2. The van der Waals surface area contributed by atoms with E-state index in [4.69, 9.17) is 33.9 Å². The lowest BCUT2D eigenvalue weighted by Gasteiger charge is -2.32. The average molecular weight is 459 g/mol. The van der Waals surface area contributed by atoms with Crippen molar-refractivity contribution in [3.63, 3.8) is 0 Å². The number of nitrogens with zero attached hydrogens (tertiary/aromatic N) is 2. The molecule has 1 aliphatic carbocycles. The first kappa shape index (κ1) is 23.9. The van der Waals surface area contributed by atoms with Crippen molar-refractivity contribution in [3.8, 4) is 0 Å². The van der Waals surface area contributed by atoms with E-state index in [0.29, 0.717) is 12.1 Å². The molecule has 3 rings (SSSR count). The molecule has 0 amide bonds. The lowest BCUT2D eigenvalue weighted by molar-refractivity contribution is 0.0388. The summed E-state index contributed by atoms with van der Waals surface area (Å²) in [7, 11) is 0. The highest BCUT2D eigenvalue weighted by molar-refractivity contribution is 7.80. The molecule has 0 unspecified atom stereocenters. The van der Waals surface area contributed by atoms with Crippen LogP contribution in [-0.4, -0.2) is 111 Å². The summed E-state index contributed by atoms with van der Waals surface area (Å²) in [6.07, 6.45) is 4.44. The topological polar surface area (TPSA) is 73.1 Å². The molecule has 3 aliphatic rings. The van der Waals surface area contributed by atoms with Crippen molar-refractivity contribution < 1.29 is 9.47 Å². The molecule has 0 aromatic heterocycles. The Hall–Kier alpha value is -0.780. The van der Waals surface area contributed by atoms with Crippen molar-refractivity contribution in [1.29, 1.82) is 0 Å². The number of thiocarbonyl (C=S) groups is 2. The van der Waals surface area contributed by atoms with E-state index < -0.39 is 0 Å². The van der Waals surface area contributed by atoms with Crippen molar-refractivity contribution in [1.82, 2.24) is 31.1 Å². The lowest BCUT2D eigenvalue weighted by atomic mass is 9.91. The summed E-state index contributed by atoms with van der Waals surface area (Å²) in [4.78, 5) is 4.82. The van der Waals surface area contributed by atoms with Crippen molar-refractivity contribution in [2.75, 3.05) is 78.8 Å². The second-order valence-electron chi connectivity index (χ2n) is 8.26. The van der Waals surface area contributed by atoms with Gasteiger partial charge < -0.3 is 30.7 Å². The fourth-order valence-electron chi connectivity index (χ4n) is 4.16. The molecule has 0 bridgehead atoms. The van der Waals surface area contributed by atoms with E-state index in [9.17, 15) is 0 Å². The van der Waals surface area contributed by atoms with Crippen LogP contribution < -0.4 is 21.3 Å². The molecule has 30 heavy (non-hydrogen) atoms. The highest BCUT2D eigenvalue weighted by atomic mass is 32.1. The van der Waals surface area contributed by atoms with E-state index in [1.54, 1.807) is 0 Å². The predicted molar refractivity (Wildman–Crippen MR) is 128 cm³/mol. The van der Waals surface area contributed by atoms with E-state index in [2.05, 4.69) is 31.1 Å². The van der Waals surface area contributed by atoms with E-state index in [-0.39, 0.29) is 0 Å². The Morgan fingerprint density at radius 2 is 1.03 bits per heavy atom. The van der Waals surface area contributed by atoms with Gasteiger partial charge in [0.15, 0.2) is 10.2 Å². The van der Waals surface area contributed by atoms with Gasteiger partial charge in [-0.2, -0.15) is 0 Å². The first-order chi connectivity index (χ1) is 14.7. The summed E-state index contributed by atoms with van der Waals surface area (Å²) in [5.74, 6) is 0. The van der Waals surface area contributed by atoms with Gasteiger partial charge in [-0.25, -0.2) is 0 Å². The van der Waals surface area contributed by atoms with E-state index >= 15 is 0 Å². The minimum Gasteiger partial charge on any atom is -0.379 e. The van der Waals surface area contributed by atoms with Crippen molar-refractivity contribution in [2.45, 2.75) is 37.8 Å². The maximum Gasteiger partial charge on any atom is 0.166 e. The third-order valence-corrected chi connectivity index (χ3v) is 6.56. The summed E-state index contributed by atoms with van der Waals surface area (Å²) in [6, 6.07) is 0.906. The van der Waals surface area contributed by atoms with Crippen molar-refractivity contribution in [2.24, 2.45) is 0 Å². The molecule has 2 heterocycles. The molecule has 0 spiro atoms.